The predicted octanol–water partition coefficient (Wildman–Crippen LogP) is 3.95. The highest BCUT2D eigenvalue weighted by Crippen LogP contribution is 2.24. The van der Waals surface area contributed by atoms with E-state index >= 15 is 0 Å². The van der Waals surface area contributed by atoms with Crippen LogP contribution in [0.5, 0.6) is 0 Å². The Morgan fingerprint density at radius 2 is 1.68 bits per heavy atom. The highest BCUT2D eigenvalue weighted by atomic mass is 35.5. The zero-order valence-corrected chi connectivity index (χ0v) is 11.7. The molecule has 2 aromatic rings. The molecule has 0 aliphatic rings. The number of hydrogen-bond donors (Lipinski definition) is 1. The van der Waals surface area contributed by atoms with Crippen molar-refractivity contribution in [3.05, 3.63) is 70.7 Å². The van der Waals surface area contributed by atoms with E-state index in [1.165, 1.54) is 0 Å². The molecule has 0 spiro atoms. The van der Waals surface area contributed by atoms with Crippen molar-refractivity contribution in [1.29, 1.82) is 0 Å². The zero-order valence-electron chi connectivity index (χ0n) is 10.9. The lowest BCUT2D eigenvalue weighted by Crippen LogP contribution is -2.26. The van der Waals surface area contributed by atoms with Gasteiger partial charge in [0.15, 0.2) is 0 Å². The van der Waals surface area contributed by atoms with Gasteiger partial charge >= 0.3 is 0 Å². The fourth-order valence-corrected chi connectivity index (χ4v) is 2.18. The van der Waals surface area contributed by atoms with Crippen molar-refractivity contribution >= 4 is 11.6 Å². The van der Waals surface area contributed by atoms with Gasteiger partial charge in [-0.3, -0.25) is 0 Å². The monoisotopic (exact) mass is 275 g/mol. The first-order chi connectivity index (χ1) is 9.18. The van der Waals surface area contributed by atoms with E-state index in [-0.39, 0.29) is 12.1 Å². The molecule has 0 heterocycles. The number of nitrogens with two attached hydrogens (primary N) is 1. The summed E-state index contributed by atoms with van der Waals surface area (Å²) in [5.41, 5.74) is 8.08. The van der Waals surface area contributed by atoms with Gasteiger partial charge in [-0.1, -0.05) is 60.1 Å². The summed E-state index contributed by atoms with van der Waals surface area (Å²) >= 11 is 6.12. The lowest BCUT2D eigenvalue weighted by molar-refractivity contribution is 0.0259. The molecular weight excluding hydrogens is 258 g/mol. The largest absolute Gasteiger partial charge is 0.367 e. The van der Waals surface area contributed by atoms with Crippen molar-refractivity contribution in [3.63, 3.8) is 0 Å². The van der Waals surface area contributed by atoms with Gasteiger partial charge in [0.2, 0.25) is 0 Å². The van der Waals surface area contributed by atoms with Crippen LogP contribution in [-0.4, -0.2) is 6.04 Å². The van der Waals surface area contributed by atoms with E-state index < -0.39 is 0 Å². The maximum absolute atomic E-state index is 6.12. The van der Waals surface area contributed by atoms with Gasteiger partial charge in [-0.2, -0.15) is 0 Å². The van der Waals surface area contributed by atoms with Gasteiger partial charge < -0.3 is 10.5 Å². The summed E-state index contributed by atoms with van der Waals surface area (Å²) in [5.74, 6) is 0. The van der Waals surface area contributed by atoms with Crippen LogP contribution in [-0.2, 0) is 11.3 Å². The third kappa shape index (κ3) is 3.80. The SMILES string of the molecule is CC(N)C(OCc1ccccc1Cl)c1ccccc1. The molecule has 0 saturated carbocycles. The lowest BCUT2D eigenvalue weighted by atomic mass is 10.0. The molecule has 2 rings (SSSR count). The topological polar surface area (TPSA) is 35.2 Å². The van der Waals surface area contributed by atoms with E-state index in [2.05, 4.69) is 0 Å². The molecule has 0 fully saturated rings. The van der Waals surface area contributed by atoms with E-state index in [9.17, 15) is 0 Å². The first-order valence-corrected chi connectivity index (χ1v) is 6.72. The molecule has 2 nitrogen and oxygen atoms in total. The van der Waals surface area contributed by atoms with Crippen LogP contribution in [0.1, 0.15) is 24.2 Å². The molecule has 2 N–H and O–H groups in total. The van der Waals surface area contributed by atoms with Crippen LogP contribution < -0.4 is 5.73 Å². The predicted molar refractivity (Wildman–Crippen MR) is 79.1 cm³/mol. The summed E-state index contributed by atoms with van der Waals surface area (Å²) < 4.78 is 5.95. The van der Waals surface area contributed by atoms with Gasteiger partial charge in [-0.15, -0.1) is 0 Å². The second-order valence-electron chi connectivity index (χ2n) is 4.59. The van der Waals surface area contributed by atoms with Crippen LogP contribution in [0.2, 0.25) is 5.02 Å². The number of rotatable bonds is 5. The normalized spacial score (nSPS) is 14.1. The number of halogens is 1. The Labute approximate surface area is 119 Å². The Balaban J connectivity index is 2.09. The van der Waals surface area contributed by atoms with Gasteiger partial charge in [0.1, 0.15) is 0 Å². The summed E-state index contributed by atoms with van der Waals surface area (Å²) in [6.45, 7) is 2.41. The maximum atomic E-state index is 6.12. The average Bonchev–Trinajstić information content (AvgIpc) is 2.42. The summed E-state index contributed by atoms with van der Waals surface area (Å²) in [7, 11) is 0. The zero-order chi connectivity index (χ0) is 13.7. The second kappa shape index (κ2) is 6.71. The Hall–Kier alpha value is -1.35. The smallest absolute Gasteiger partial charge is 0.0977 e. The van der Waals surface area contributed by atoms with E-state index in [0.29, 0.717) is 6.61 Å². The third-order valence-electron chi connectivity index (χ3n) is 2.98. The minimum atomic E-state index is -0.127. The van der Waals surface area contributed by atoms with Crippen molar-refractivity contribution in [2.24, 2.45) is 5.73 Å². The number of hydrogen-bond acceptors (Lipinski definition) is 2. The minimum absolute atomic E-state index is 0.0788. The van der Waals surface area contributed by atoms with E-state index in [1.807, 2.05) is 61.5 Å². The van der Waals surface area contributed by atoms with Crippen LogP contribution in [0.4, 0.5) is 0 Å². The molecule has 2 unspecified atom stereocenters. The second-order valence-corrected chi connectivity index (χ2v) is 5.00. The molecule has 2 aromatic carbocycles. The quantitative estimate of drug-likeness (QED) is 0.897. The van der Waals surface area contributed by atoms with Crippen molar-refractivity contribution in [2.45, 2.75) is 25.7 Å². The summed E-state index contributed by atoms with van der Waals surface area (Å²) in [6, 6.07) is 17.6. The van der Waals surface area contributed by atoms with Crippen LogP contribution >= 0.6 is 11.6 Å². The van der Waals surface area contributed by atoms with Crippen molar-refractivity contribution in [3.8, 4) is 0 Å². The Morgan fingerprint density at radius 3 is 2.32 bits per heavy atom. The molecule has 0 aliphatic carbocycles. The van der Waals surface area contributed by atoms with Crippen LogP contribution in [0.25, 0.3) is 0 Å². The van der Waals surface area contributed by atoms with Gasteiger partial charge in [-0.05, 0) is 24.1 Å². The lowest BCUT2D eigenvalue weighted by Gasteiger charge is -2.22. The fraction of sp³-hybridized carbons (Fsp3) is 0.250. The molecular formula is C16H18ClNO. The van der Waals surface area contributed by atoms with Crippen LogP contribution in [0.3, 0.4) is 0 Å². The molecule has 0 amide bonds. The molecule has 2 atom stereocenters. The van der Waals surface area contributed by atoms with Crippen LogP contribution in [0.15, 0.2) is 54.6 Å². The number of ether oxygens (including phenoxy) is 1. The molecule has 0 aliphatic heterocycles. The Morgan fingerprint density at radius 1 is 1.05 bits per heavy atom. The first-order valence-electron chi connectivity index (χ1n) is 6.34. The highest BCUT2D eigenvalue weighted by molar-refractivity contribution is 6.31. The van der Waals surface area contributed by atoms with E-state index in [1.54, 1.807) is 0 Å². The molecule has 0 aromatic heterocycles. The molecule has 19 heavy (non-hydrogen) atoms. The van der Waals surface area contributed by atoms with Crippen molar-refractivity contribution in [1.82, 2.24) is 0 Å². The molecule has 0 saturated heterocycles. The van der Waals surface area contributed by atoms with Crippen molar-refractivity contribution in [2.75, 3.05) is 0 Å². The first kappa shape index (κ1) is 14.1. The third-order valence-corrected chi connectivity index (χ3v) is 3.35. The average molecular weight is 276 g/mol. The molecule has 0 radical (unpaired) electrons. The molecule has 3 heteroatoms. The van der Waals surface area contributed by atoms with Gasteiger partial charge in [0.25, 0.3) is 0 Å². The maximum Gasteiger partial charge on any atom is 0.0977 e. The van der Waals surface area contributed by atoms with Gasteiger partial charge in [0, 0.05) is 11.1 Å². The number of benzene rings is 2. The Bertz CT molecular complexity index is 513. The van der Waals surface area contributed by atoms with Gasteiger partial charge in [0.05, 0.1) is 12.7 Å². The van der Waals surface area contributed by atoms with E-state index in [0.717, 1.165) is 16.1 Å². The molecule has 100 valence electrons. The minimum Gasteiger partial charge on any atom is -0.367 e. The standard InChI is InChI=1S/C16H18ClNO/c1-12(18)16(13-7-3-2-4-8-13)19-11-14-9-5-6-10-15(14)17/h2-10,12,16H,11,18H2,1H3. The van der Waals surface area contributed by atoms with Crippen LogP contribution in [0, 0.1) is 0 Å². The Kier molecular flexibility index (Phi) is 4.97. The molecule has 0 bridgehead atoms. The summed E-state index contributed by atoms with van der Waals surface area (Å²) in [6.07, 6.45) is -0.127. The summed E-state index contributed by atoms with van der Waals surface area (Å²) in [4.78, 5) is 0. The summed E-state index contributed by atoms with van der Waals surface area (Å²) in [5, 5.41) is 0.721. The highest BCUT2D eigenvalue weighted by Gasteiger charge is 2.17. The van der Waals surface area contributed by atoms with Crippen molar-refractivity contribution < 1.29 is 4.74 Å². The van der Waals surface area contributed by atoms with E-state index in [4.69, 9.17) is 22.1 Å². The fourth-order valence-electron chi connectivity index (χ4n) is 1.99. The van der Waals surface area contributed by atoms with Gasteiger partial charge in [-0.25, -0.2) is 0 Å².